The summed E-state index contributed by atoms with van der Waals surface area (Å²) in [6.07, 6.45) is 1.38. The van der Waals surface area contributed by atoms with E-state index in [1.165, 1.54) is 6.92 Å². The van der Waals surface area contributed by atoms with Gasteiger partial charge in [-0.3, -0.25) is 4.79 Å². The first-order valence-electron chi connectivity index (χ1n) is 4.59. The van der Waals surface area contributed by atoms with Gasteiger partial charge in [-0.05, 0) is 12.5 Å². The molecule has 0 saturated carbocycles. The van der Waals surface area contributed by atoms with Gasteiger partial charge in [0.15, 0.2) is 6.29 Å². The first-order valence-corrected chi connectivity index (χ1v) is 4.59. The van der Waals surface area contributed by atoms with Gasteiger partial charge in [0, 0.05) is 12.0 Å². The van der Waals surface area contributed by atoms with Crippen molar-refractivity contribution in [2.24, 2.45) is 0 Å². The zero-order valence-electron chi connectivity index (χ0n) is 7.99. The van der Waals surface area contributed by atoms with Crippen molar-refractivity contribution >= 4 is 6.29 Å². The highest BCUT2D eigenvalue weighted by atomic mass is 16.5. The van der Waals surface area contributed by atoms with E-state index in [4.69, 9.17) is 4.74 Å². The first kappa shape index (κ1) is 9.21. The highest BCUT2D eigenvalue weighted by Crippen LogP contribution is 2.35. The smallest absolute Gasteiger partial charge is 0.155 e. The number of carbonyl (C=O) groups excluding carboxylic acids is 1. The van der Waals surface area contributed by atoms with Crippen molar-refractivity contribution in [1.29, 1.82) is 0 Å². The summed E-state index contributed by atoms with van der Waals surface area (Å²) < 4.78 is 5.40. The van der Waals surface area contributed by atoms with Crippen LogP contribution in [-0.4, -0.2) is 18.0 Å². The van der Waals surface area contributed by atoms with Crippen molar-refractivity contribution in [2.45, 2.75) is 18.9 Å². The van der Waals surface area contributed by atoms with Gasteiger partial charge in [-0.2, -0.15) is 0 Å². The molecule has 74 valence electrons. The molecule has 0 bridgehead atoms. The molecule has 0 aliphatic carbocycles. The molecule has 1 heterocycles. The van der Waals surface area contributed by atoms with Crippen molar-refractivity contribution in [3.63, 3.8) is 0 Å². The molecule has 1 N–H and O–H groups in total. The molecule has 0 radical (unpaired) electrons. The number of hydrogen-bond donors (Lipinski definition) is 1. The Balaban J connectivity index is 2.54. The van der Waals surface area contributed by atoms with E-state index < -0.39 is 5.60 Å². The average Bonchev–Trinajstić information content (AvgIpc) is 2.64. The predicted octanol–water partition coefficient (Wildman–Crippen LogP) is 1.03. The molecule has 1 aliphatic rings. The Hall–Kier alpha value is -1.35. The number of hydrogen-bond acceptors (Lipinski definition) is 3. The molecule has 1 unspecified atom stereocenters. The van der Waals surface area contributed by atoms with Crippen LogP contribution in [0.1, 0.15) is 18.1 Å². The normalized spacial score (nSPS) is 18.1. The Kier molecular flexibility index (Phi) is 2.04. The fourth-order valence-electron chi connectivity index (χ4n) is 1.68. The maximum Gasteiger partial charge on any atom is 0.155 e. The van der Waals surface area contributed by atoms with Crippen LogP contribution in [0.5, 0.6) is 5.75 Å². The topological polar surface area (TPSA) is 46.5 Å². The fraction of sp³-hybridized carbons (Fsp3) is 0.364. The minimum atomic E-state index is -1.45. The van der Waals surface area contributed by atoms with Crippen LogP contribution in [0, 0.1) is 0 Å². The van der Waals surface area contributed by atoms with Crippen LogP contribution in [-0.2, 0) is 16.8 Å². The maximum absolute atomic E-state index is 10.7. The number of aliphatic hydroxyl groups is 1. The molecule has 1 aliphatic heterocycles. The van der Waals surface area contributed by atoms with E-state index in [9.17, 15) is 9.90 Å². The van der Waals surface area contributed by atoms with E-state index in [0.29, 0.717) is 24.2 Å². The van der Waals surface area contributed by atoms with E-state index >= 15 is 0 Å². The summed E-state index contributed by atoms with van der Waals surface area (Å²) >= 11 is 0. The minimum Gasteiger partial charge on any atom is -0.493 e. The monoisotopic (exact) mass is 192 g/mol. The highest BCUT2D eigenvalue weighted by Gasteiger charge is 2.29. The number of fused-ring (bicyclic) bond motifs is 1. The van der Waals surface area contributed by atoms with Gasteiger partial charge in [0.2, 0.25) is 0 Å². The van der Waals surface area contributed by atoms with Gasteiger partial charge in [0.05, 0.1) is 6.61 Å². The Labute approximate surface area is 82.3 Å². The third-order valence-corrected chi connectivity index (χ3v) is 2.49. The van der Waals surface area contributed by atoms with Crippen LogP contribution in [0.2, 0.25) is 0 Å². The van der Waals surface area contributed by atoms with E-state index in [2.05, 4.69) is 0 Å². The number of rotatable bonds is 2. The van der Waals surface area contributed by atoms with Crippen molar-refractivity contribution in [3.8, 4) is 5.75 Å². The van der Waals surface area contributed by atoms with Crippen LogP contribution in [0.3, 0.4) is 0 Å². The van der Waals surface area contributed by atoms with Crippen molar-refractivity contribution in [3.05, 3.63) is 29.3 Å². The molecule has 14 heavy (non-hydrogen) atoms. The summed E-state index contributed by atoms with van der Waals surface area (Å²) in [5.74, 6) is 0.671. The second kappa shape index (κ2) is 3.10. The molecule has 2 rings (SSSR count). The molecule has 0 amide bonds. The summed E-state index contributed by atoms with van der Waals surface area (Å²) in [7, 11) is 0. The Bertz CT molecular complexity index is 369. The van der Waals surface area contributed by atoms with Crippen LogP contribution in [0.4, 0.5) is 0 Å². The molecule has 0 fully saturated rings. The third-order valence-electron chi connectivity index (χ3n) is 2.49. The van der Waals surface area contributed by atoms with Crippen molar-refractivity contribution in [1.82, 2.24) is 0 Å². The third kappa shape index (κ3) is 1.30. The van der Waals surface area contributed by atoms with Gasteiger partial charge in [-0.15, -0.1) is 0 Å². The average molecular weight is 192 g/mol. The van der Waals surface area contributed by atoms with Crippen molar-refractivity contribution in [2.75, 3.05) is 6.61 Å². The minimum absolute atomic E-state index is 0.532. The number of para-hydroxylation sites is 1. The van der Waals surface area contributed by atoms with Gasteiger partial charge in [0.1, 0.15) is 11.4 Å². The lowest BCUT2D eigenvalue weighted by atomic mass is 9.94. The van der Waals surface area contributed by atoms with Crippen LogP contribution >= 0.6 is 0 Å². The molecule has 3 heteroatoms. The fourth-order valence-corrected chi connectivity index (χ4v) is 1.68. The predicted molar refractivity (Wildman–Crippen MR) is 51.3 cm³/mol. The summed E-state index contributed by atoms with van der Waals surface area (Å²) in [6.45, 7) is 2.10. The SMILES string of the molecule is CC(O)(C=O)c1cccc2c1OCC2. The number of aldehydes is 1. The summed E-state index contributed by atoms with van der Waals surface area (Å²) in [5, 5.41) is 9.81. The summed E-state index contributed by atoms with van der Waals surface area (Å²) in [5.41, 5.74) is 0.169. The van der Waals surface area contributed by atoms with Gasteiger partial charge in [-0.25, -0.2) is 0 Å². The number of ether oxygens (including phenoxy) is 1. The summed E-state index contributed by atoms with van der Waals surface area (Å²) in [4.78, 5) is 10.7. The van der Waals surface area contributed by atoms with E-state index in [0.717, 1.165) is 12.0 Å². The Morgan fingerprint density at radius 3 is 3.07 bits per heavy atom. The largest absolute Gasteiger partial charge is 0.493 e. The van der Waals surface area contributed by atoms with E-state index in [-0.39, 0.29) is 0 Å². The molecule has 0 spiro atoms. The van der Waals surface area contributed by atoms with E-state index in [1.54, 1.807) is 6.07 Å². The zero-order valence-corrected chi connectivity index (χ0v) is 7.99. The quantitative estimate of drug-likeness (QED) is 0.712. The summed E-state index contributed by atoms with van der Waals surface area (Å²) in [6, 6.07) is 5.51. The Morgan fingerprint density at radius 2 is 2.36 bits per heavy atom. The van der Waals surface area contributed by atoms with Gasteiger partial charge in [-0.1, -0.05) is 18.2 Å². The molecule has 1 aromatic carbocycles. The second-order valence-electron chi connectivity index (χ2n) is 3.66. The van der Waals surface area contributed by atoms with Crippen molar-refractivity contribution < 1.29 is 14.6 Å². The van der Waals surface area contributed by atoms with Gasteiger partial charge < -0.3 is 9.84 Å². The maximum atomic E-state index is 10.7. The Morgan fingerprint density at radius 1 is 1.57 bits per heavy atom. The molecule has 1 atom stereocenters. The van der Waals surface area contributed by atoms with Crippen LogP contribution < -0.4 is 4.74 Å². The molecule has 1 aromatic rings. The standard InChI is InChI=1S/C11H12O3/c1-11(13,7-12)9-4-2-3-8-5-6-14-10(8)9/h2-4,7,13H,5-6H2,1H3. The molecule has 0 aromatic heterocycles. The number of carbonyl (C=O) groups is 1. The van der Waals surface area contributed by atoms with Gasteiger partial charge >= 0.3 is 0 Å². The molecular weight excluding hydrogens is 180 g/mol. The lowest BCUT2D eigenvalue weighted by Gasteiger charge is -2.18. The lowest BCUT2D eigenvalue weighted by molar-refractivity contribution is -0.123. The van der Waals surface area contributed by atoms with Crippen LogP contribution in [0.15, 0.2) is 18.2 Å². The second-order valence-corrected chi connectivity index (χ2v) is 3.66. The first-order chi connectivity index (χ1) is 6.65. The molecule has 0 saturated heterocycles. The zero-order chi connectivity index (χ0) is 10.2. The molecular formula is C11H12O3. The molecule has 3 nitrogen and oxygen atoms in total. The van der Waals surface area contributed by atoms with E-state index in [1.807, 2.05) is 12.1 Å². The number of benzene rings is 1. The lowest BCUT2D eigenvalue weighted by Crippen LogP contribution is -2.23. The van der Waals surface area contributed by atoms with Gasteiger partial charge in [0.25, 0.3) is 0 Å². The highest BCUT2D eigenvalue weighted by molar-refractivity contribution is 5.68. The van der Waals surface area contributed by atoms with Crippen LogP contribution in [0.25, 0.3) is 0 Å².